The van der Waals surface area contributed by atoms with Crippen molar-refractivity contribution < 1.29 is 4.79 Å². The van der Waals surface area contributed by atoms with E-state index in [0.29, 0.717) is 0 Å². The highest BCUT2D eigenvalue weighted by molar-refractivity contribution is 9.10. The highest BCUT2D eigenvalue weighted by Crippen LogP contribution is 2.17. The number of nitrogens with zero attached hydrogens (tertiary/aromatic N) is 1. The Morgan fingerprint density at radius 1 is 1.25 bits per heavy atom. The van der Waals surface area contributed by atoms with Gasteiger partial charge in [-0.25, -0.2) is 0 Å². The van der Waals surface area contributed by atoms with E-state index in [2.05, 4.69) is 26.1 Å². The van der Waals surface area contributed by atoms with Gasteiger partial charge in [0, 0.05) is 17.6 Å². The van der Waals surface area contributed by atoms with Crippen LogP contribution in [-0.2, 0) is 0 Å². The topological polar surface area (TPSA) is 32.3 Å². The number of benzene rings is 1. The number of nitrogens with one attached hydrogen (secondary N) is 1. The maximum atomic E-state index is 12.2. The predicted octanol–water partition coefficient (Wildman–Crippen LogP) is 3.36. The molecule has 1 fully saturated rings. The Morgan fingerprint density at radius 3 is 2.65 bits per heavy atom. The molecule has 0 saturated carbocycles. The van der Waals surface area contributed by atoms with E-state index in [9.17, 15) is 4.79 Å². The van der Waals surface area contributed by atoms with Crippen LogP contribution in [0.4, 0.5) is 0 Å². The Kier molecular flexibility index (Phi) is 6.05. The zero-order valence-corrected chi connectivity index (χ0v) is 13.7. The van der Waals surface area contributed by atoms with E-state index in [1.807, 2.05) is 25.1 Å². The van der Waals surface area contributed by atoms with Gasteiger partial charge in [-0.05, 0) is 60.9 Å². The fourth-order valence-corrected chi connectivity index (χ4v) is 3.02. The summed E-state index contributed by atoms with van der Waals surface area (Å²) >= 11 is 3.44. The summed E-state index contributed by atoms with van der Waals surface area (Å²) in [5.74, 6) is 0.00963. The van der Waals surface area contributed by atoms with Gasteiger partial charge in [0.15, 0.2) is 0 Å². The van der Waals surface area contributed by atoms with Gasteiger partial charge in [0.25, 0.3) is 5.91 Å². The second-order valence-corrected chi connectivity index (χ2v) is 6.35. The fourth-order valence-electron chi connectivity index (χ4n) is 2.60. The molecule has 1 N–H and O–H groups in total. The number of carbonyl (C=O) groups excluding carboxylic acids is 1. The largest absolute Gasteiger partial charge is 0.351 e. The first-order valence-corrected chi connectivity index (χ1v) is 8.23. The average molecular weight is 339 g/mol. The molecule has 0 aliphatic carbocycles. The third kappa shape index (κ3) is 4.60. The van der Waals surface area contributed by atoms with Crippen LogP contribution in [0.1, 0.15) is 41.6 Å². The van der Waals surface area contributed by atoms with Crippen molar-refractivity contribution in [3.05, 3.63) is 33.8 Å². The number of likely N-dealkylation sites (tertiary alicyclic amines) is 1. The van der Waals surface area contributed by atoms with Crippen molar-refractivity contribution in [1.82, 2.24) is 10.2 Å². The molecule has 4 heteroatoms. The molecule has 1 heterocycles. The SMILES string of the molecule is Cc1ccc(Br)c(C(=O)NCCN2CCCCCC2)c1. The Labute approximate surface area is 129 Å². The van der Waals surface area contributed by atoms with Crippen LogP contribution in [0.2, 0.25) is 0 Å². The lowest BCUT2D eigenvalue weighted by Gasteiger charge is -2.19. The van der Waals surface area contributed by atoms with Gasteiger partial charge in [0.1, 0.15) is 0 Å². The molecule has 3 nitrogen and oxygen atoms in total. The molecule has 0 bridgehead atoms. The van der Waals surface area contributed by atoms with Gasteiger partial charge in [-0.3, -0.25) is 4.79 Å². The van der Waals surface area contributed by atoms with E-state index in [1.165, 1.54) is 38.8 Å². The smallest absolute Gasteiger partial charge is 0.252 e. The van der Waals surface area contributed by atoms with Crippen molar-refractivity contribution in [2.24, 2.45) is 0 Å². The summed E-state index contributed by atoms with van der Waals surface area (Å²) in [4.78, 5) is 14.6. The molecule has 2 rings (SSSR count). The van der Waals surface area contributed by atoms with Crippen LogP contribution in [0.5, 0.6) is 0 Å². The van der Waals surface area contributed by atoms with E-state index in [0.717, 1.165) is 28.7 Å². The number of carbonyl (C=O) groups is 1. The monoisotopic (exact) mass is 338 g/mol. The van der Waals surface area contributed by atoms with Gasteiger partial charge < -0.3 is 10.2 Å². The van der Waals surface area contributed by atoms with Crippen molar-refractivity contribution in [3.63, 3.8) is 0 Å². The van der Waals surface area contributed by atoms with E-state index < -0.39 is 0 Å². The minimum Gasteiger partial charge on any atom is -0.351 e. The van der Waals surface area contributed by atoms with Crippen LogP contribution >= 0.6 is 15.9 Å². The van der Waals surface area contributed by atoms with Gasteiger partial charge in [0.2, 0.25) is 0 Å². The highest BCUT2D eigenvalue weighted by atomic mass is 79.9. The summed E-state index contributed by atoms with van der Waals surface area (Å²) in [6.45, 7) is 6.02. The Balaban J connectivity index is 1.81. The van der Waals surface area contributed by atoms with Crippen LogP contribution in [0.3, 0.4) is 0 Å². The lowest BCUT2D eigenvalue weighted by atomic mass is 10.1. The molecule has 0 radical (unpaired) electrons. The van der Waals surface area contributed by atoms with Gasteiger partial charge in [-0.2, -0.15) is 0 Å². The minimum absolute atomic E-state index is 0.00963. The van der Waals surface area contributed by atoms with Crippen molar-refractivity contribution >= 4 is 21.8 Å². The summed E-state index contributed by atoms with van der Waals surface area (Å²) in [6, 6.07) is 5.85. The predicted molar refractivity (Wildman–Crippen MR) is 86.1 cm³/mol. The second-order valence-electron chi connectivity index (χ2n) is 5.50. The molecule has 20 heavy (non-hydrogen) atoms. The molecule has 1 aliphatic heterocycles. The van der Waals surface area contributed by atoms with E-state index >= 15 is 0 Å². The summed E-state index contributed by atoms with van der Waals surface area (Å²) < 4.78 is 0.857. The molecule has 1 aromatic carbocycles. The molecule has 1 aromatic rings. The highest BCUT2D eigenvalue weighted by Gasteiger charge is 2.12. The molecule has 0 unspecified atom stereocenters. The lowest BCUT2D eigenvalue weighted by molar-refractivity contribution is 0.0947. The van der Waals surface area contributed by atoms with Gasteiger partial charge >= 0.3 is 0 Å². The quantitative estimate of drug-likeness (QED) is 0.912. The normalized spacial score (nSPS) is 16.7. The molecule has 1 amide bonds. The Morgan fingerprint density at radius 2 is 1.95 bits per heavy atom. The fraction of sp³-hybridized carbons (Fsp3) is 0.562. The van der Waals surface area contributed by atoms with Gasteiger partial charge in [-0.15, -0.1) is 0 Å². The van der Waals surface area contributed by atoms with Crippen LogP contribution in [0.25, 0.3) is 0 Å². The standard InChI is InChI=1S/C16H23BrN2O/c1-13-6-7-15(17)14(12-13)16(20)18-8-11-19-9-4-2-3-5-10-19/h6-7,12H,2-5,8-11H2,1H3,(H,18,20). The summed E-state index contributed by atoms with van der Waals surface area (Å²) in [5.41, 5.74) is 1.83. The minimum atomic E-state index is 0.00963. The van der Waals surface area contributed by atoms with Crippen LogP contribution in [0.15, 0.2) is 22.7 Å². The zero-order valence-electron chi connectivity index (χ0n) is 12.1. The van der Waals surface area contributed by atoms with Crippen molar-refractivity contribution in [1.29, 1.82) is 0 Å². The summed E-state index contributed by atoms with van der Waals surface area (Å²) in [7, 11) is 0. The maximum absolute atomic E-state index is 12.2. The van der Waals surface area contributed by atoms with Crippen LogP contribution in [0, 0.1) is 6.92 Å². The number of hydrogen-bond donors (Lipinski definition) is 1. The first-order chi connectivity index (χ1) is 9.66. The van der Waals surface area contributed by atoms with Crippen molar-refractivity contribution in [3.8, 4) is 0 Å². The van der Waals surface area contributed by atoms with Crippen LogP contribution < -0.4 is 5.32 Å². The van der Waals surface area contributed by atoms with Gasteiger partial charge in [-0.1, -0.05) is 24.5 Å². The molecule has 1 saturated heterocycles. The van der Waals surface area contributed by atoms with E-state index in [4.69, 9.17) is 0 Å². The number of halogens is 1. The third-order valence-corrected chi connectivity index (χ3v) is 4.47. The number of rotatable bonds is 4. The second kappa shape index (κ2) is 7.79. The zero-order chi connectivity index (χ0) is 14.4. The van der Waals surface area contributed by atoms with Crippen LogP contribution in [-0.4, -0.2) is 37.0 Å². The maximum Gasteiger partial charge on any atom is 0.252 e. The van der Waals surface area contributed by atoms with Crippen molar-refractivity contribution in [2.45, 2.75) is 32.6 Å². The number of aryl methyl sites for hydroxylation is 1. The van der Waals surface area contributed by atoms with E-state index in [1.54, 1.807) is 0 Å². The molecule has 110 valence electrons. The Hall–Kier alpha value is -0.870. The molecular formula is C16H23BrN2O. The Bertz CT molecular complexity index is 454. The molecule has 1 aliphatic rings. The van der Waals surface area contributed by atoms with Crippen molar-refractivity contribution in [2.75, 3.05) is 26.2 Å². The van der Waals surface area contributed by atoms with E-state index in [-0.39, 0.29) is 5.91 Å². The molecule has 0 atom stereocenters. The average Bonchev–Trinajstić information content (AvgIpc) is 2.70. The first-order valence-electron chi connectivity index (χ1n) is 7.43. The summed E-state index contributed by atoms with van der Waals surface area (Å²) in [5, 5.41) is 3.02. The number of hydrogen-bond acceptors (Lipinski definition) is 2. The molecule has 0 aromatic heterocycles. The third-order valence-electron chi connectivity index (χ3n) is 3.78. The molecular weight excluding hydrogens is 316 g/mol. The molecule has 0 spiro atoms. The summed E-state index contributed by atoms with van der Waals surface area (Å²) in [6.07, 6.45) is 5.27. The van der Waals surface area contributed by atoms with Gasteiger partial charge in [0.05, 0.1) is 5.56 Å². The number of amides is 1. The lowest BCUT2D eigenvalue weighted by Crippen LogP contribution is -2.35. The first kappa shape index (κ1) is 15.5.